The molecule has 0 aromatic heterocycles. The van der Waals surface area contributed by atoms with Crippen molar-refractivity contribution in [2.45, 2.75) is 13.8 Å². The zero-order chi connectivity index (χ0) is 10.7. The standard InChI is InChI=1S/C8H9.C3H5.Co.O/c1-7-3-5-8(2)6-4-7;1-3-2;;/h3-6H,1H2,2H3;1H2,2H3;;/q2*-1;;. The summed E-state index contributed by atoms with van der Waals surface area (Å²) in [5.74, 6) is 0. The van der Waals surface area contributed by atoms with E-state index in [2.05, 4.69) is 54.3 Å². The van der Waals surface area contributed by atoms with Crippen LogP contribution in [0.2, 0.25) is 0 Å². The molecule has 0 fully saturated rings. The van der Waals surface area contributed by atoms with Gasteiger partial charge in [-0.3, -0.25) is 6.58 Å². The van der Waals surface area contributed by atoms with Crippen molar-refractivity contribution < 1.29 is 19.5 Å². The molecule has 0 spiro atoms. The van der Waals surface area contributed by atoms with Crippen molar-refractivity contribution in [3.05, 3.63) is 55.0 Å². The molecular formula is C11H14CoO-2. The molecule has 0 heterocycles. The average molecular weight is 221 g/mol. The van der Waals surface area contributed by atoms with E-state index in [1.807, 2.05) is 12.1 Å². The second kappa shape index (κ2) is 11.1. The first-order valence-electron chi connectivity index (χ1n) is 3.66. The normalized spacial score (nSPS) is 7.00. The summed E-state index contributed by atoms with van der Waals surface area (Å²) < 4.78 is 7.94. The summed E-state index contributed by atoms with van der Waals surface area (Å²) in [6.45, 7) is 10.8. The molecule has 0 atom stereocenters. The van der Waals surface area contributed by atoms with E-state index in [9.17, 15) is 0 Å². The Kier molecular flexibility index (Phi) is 12.5. The van der Waals surface area contributed by atoms with Crippen LogP contribution in [0.3, 0.4) is 0 Å². The summed E-state index contributed by atoms with van der Waals surface area (Å²) in [5, 5.41) is 0. The van der Waals surface area contributed by atoms with Gasteiger partial charge in [0.25, 0.3) is 0 Å². The Bertz CT molecular complexity index is 195. The molecule has 1 aromatic rings. The summed E-state index contributed by atoms with van der Waals surface area (Å²) >= 11 is 2.31. The Hall–Kier alpha value is -0.864. The molecule has 0 aliphatic rings. The Morgan fingerprint density at radius 1 is 1.31 bits per heavy atom. The van der Waals surface area contributed by atoms with Crippen LogP contribution in [0.25, 0.3) is 0 Å². The zero-order valence-corrected chi connectivity index (χ0v) is 9.01. The summed E-state index contributed by atoms with van der Waals surface area (Å²) in [5.41, 5.74) is 2.37. The van der Waals surface area contributed by atoms with Crippen LogP contribution in [0, 0.1) is 19.9 Å². The van der Waals surface area contributed by atoms with Crippen LogP contribution in [0.15, 0.2) is 30.8 Å². The maximum absolute atomic E-state index is 7.94. The van der Waals surface area contributed by atoms with Gasteiger partial charge in [-0.1, -0.05) is 5.56 Å². The monoisotopic (exact) mass is 221 g/mol. The Labute approximate surface area is 88.7 Å². The summed E-state index contributed by atoms with van der Waals surface area (Å²) in [7, 11) is 0. The molecule has 0 unspecified atom stereocenters. The van der Waals surface area contributed by atoms with Crippen LogP contribution < -0.4 is 0 Å². The van der Waals surface area contributed by atoms with Gasteiger partial charge in [0.1, 0.15) is 0 Å². The molecule has 2 heteroatoms. The van der Waals surface area contributed by atoms with Crippen LogP contribution in [-0.4, -0.2) is 0 Å². The maximum atomic E-state index is 7.94. The van der Waals surface area contributed by atoms with Crippen molar-refractivity contribution in [1.29, 1.82) is 0 Å². The number of allylic oxidation sites excluding steroid dienone is 1. The quantitative estimate of drug-likeness (QED) is 0.615. The van der Waals surface area contributed by atoms with Gasteiger partial charge in [0.05, 0.1) is 0 Å². The number of hydrogen-bond donors (Lipinski definition) is 0. The van der Waals surface area contributed by atoms with Crippen LogP contribution in [0.5, 0.6) is 0 Å². The van der Waals surface area contributed by atoms with Crippen molar-refractivity contribution in [1.82, 2.24) is 0 Å². The fourth-order valence-corrected chi connectivity index (χ4v) is 0.588. The van der Waals surface area contributed by atoms with Crippen molar-refractivity contribution in [3.63, 3.8) is 0 Å². The predicted octanol–water partition coefficient (Wildman–Crippen LogP) is 3.05. The van der Waals surface area contributed by atoms with E-state index < -0.39 is 0 Å². The van der Waals surface area contributed by atoms with Gasteiger partial charge >= 0.3 is 19.5 Å². The summed E-state index contributed by atoms with van der Waals surface area (Å²) in [6.07, 6.45) is 2.50. The fourth-order valence-electron chi connectivity index (χ4n) is 0.588. The molecule has 0 saturated heterocycles. The van der Waals surface area contributed by atoms with E-state index >= 15 is 0 Å². The molecule has 0 aliphatic carbocycles. The van der Waals surface area contributed by atoms with Crippen molar-refractivity contribution in [2.75, 3.05) is 0 Å². The molecule has 0 bridgehead atoms. The van der Waals surface area contributed by atoms with E-state index in [0.29, 0.717) is 0 Å². The molecule has 75 valence electrons. The first-order valence-corrected chi connectivity index (χ1v) is 4.09. The van der Waals surface area contributed by atoms with Gasteiger partial charge in [-0.05, 0) is 6.92 Å². The molecule has 0 amide bonds. The Morgan fingerprint density at radius 2 is 1.62 bits per heavy atom. The van der Waals surface area contributed by atoms with Crippen molar-refractivity contribution in [2.24, 2.45) is 0 Å². The molecule has 1 nitrogen and oxygen atoms in total. The summed E-state index contributed by atoms with van der Waals surface area (Å²) in [6, 6.07) is 8.13. The molecule has 0 saturated carbocycles. The third kappa shape index (κ3) is 11.1. The van der Waals surface area contributed by atoms with Crippen LogP contribution in [0.1, 0.15) is 18.1 Å². The van der Waals surface area contributed by atoms with Gasteiger partial charge in [0.15, 0.2) is 0 Å². The molecule has 1 rings (SSSR count). The van der Waals surface area contributed by atoms with Gasteiger partial charge in [0, 0.05) is 0 Å². The molecule has 0 radical (unpaired) electrons. The van der Waals surface area contributed by atoms with Crippen molar-refractivity contribution in [3.8, 4) is 0 Å². The molecular weight excluding hydrogens is 207 g/mol. The van der Waals surface area contributed by atoms with Crippen molar-refractivity contribution >= 4 is 0 Å². The number of hydrogen-bond acceptors (Lipinski definition) is 1. The van der Waals surface area contributed by atoms with Gasteiger partial charge in [-0.2, -0.15) is 31.5 Å². The van der Waals surface area contributed by atoms with Gasteiger partial charge < -0.3 is 6.08 Å². The van der Waals surface area contributed by atoms with E-state index in [-0.39, 0.29) is 0 Å². The minimum absolute atomic E-state index is 1.08. The van der Waals surface area contributed by atoms with E-state index in [1.165, 1.54) is 5.56 Å². The zero-order valence-electron chi connectivity index (χ0n) is 7.97. The SMILES string of the molecule is C=[C-]C.[CH2-]c1ccc(C)cc1.[O]=[Co]. The topological polar surface area (TPSA) is 17.1 Å². The average Bonchev–Trinajstić information content (AvgIpc) is 2.15. The van der Waals surface area contributed by atoms with Gasteiger partial charge in [0.2, 0.25) is 0 Å². The van der Waals surface area contributed by atoms with Crippen LogP contribution >= 0.6 is 0 Å². The molecule has 0 aliphatic heterocycles. The third-order valence-corrected chi connectivity index (χ3v) is 1.12. The van der Waals surface area contributed by atoms with E-state index in [4.69, 9.17) is 3.87 Å². The number of aryl methyl sites for hydroxylation is 1. The van der Waals surface area contributed by atoms with Crippen LogP contribution in [-0.2, 0) is 19.5 Å². The van der Waals surface area contributed by atoms with Gasteiger partial charge in [-0.15, -0.1) is 12.1 Å². The Balaban J connectivity index is 0. The van der Waals surface area contributed by atoms with E-state index in [0.717, 1.165) is 5.56 Å². The first kappa shape index (κ1) is 14.6. The first-order chi connectivity index (χ1) is 6.20. The number of rotatable bonds is 0. The predicted molar refractivity (Wildman–Crippen MR) is 50.9 cm³/mol. The fraction of sp³-hybridized carbons (Fsp3) is 0.182. The molecule has 0 N–H and O–H groups in total. The Morgan fingerprint density at radius 3 is 1.85 bits per heavy atom. The summed E-state index contributed by atoms with van der Waals surface area (Å²) in [4.78, 5) is 0. The second-order valence-electron chi connectivity index (χ2n) is 2.34. The van der Waals surface area contributed by atoms with Crippen LogP contribution in [0.4, 0.5) is 0 Å². The minimum atomic E-state index is 1.08. The number of benzene rings is 1. The van der Waals surface area contributed by atoms with Gasteiger partial charge in [-0.25, -0.2) is 0 Å². The third-order valence-electron chi connectivity index (χ3n) is 1.12. The van der Waals surface area contributed by atoms with E-state index in [1.54, 1.807) is 6.92 Å². The molecule has 13 heavy (non-hydrogen) atoms. The second-order valence-corrected chi connectivity index (χ2v) is 2.34. The molecule has 1 aromatic carbocycles.